The number of furan rings is 1. The number of para-hydroxylation sites is 2. The molecule has 0 aliphatic carbocycles. The van der Waals surface area contributed by atoms with Crippen LogP contribution in [0.15, 0.2) is 199 Å². The van der Waals surface area contributed by atoms with Gasteiger partial charge in [0.15, 0.2) is 0 Å². The van der Waals surface area contributed by atoms with E-state index in [1.165, 1.54) is 81.9 Å². The van der Waals surface area contributed by atoms with Gasteiger partial charge in [-0.1, -0.05) is 165 Å². The Bertz CT molecular complexity index is 4030. The molecule has 11 aromatic rings. The molecule has 0 saturated heterocycles. The monoisotopic (exact) mass is 991 g/mol. The van der Waals surface area contributed by atoms with Crippen molar-refractivity contribution in [1.82, 2.24) is 0 Å². The molecule has 6 heteroatoms. The van der Waals surface area contributed by atoms with E-state index < -0.39 is 0 Å². The number of aryl methyl sites for hydroxylation is 1. The Labute approximate surface area is 446 Å². The number of benzene rings is 9. The zero-order valence-electron chi connectivity index (χ0n) is 44.7. The van der Waals surface area contributed by atoms with E-state index in [0.717, 1.165) is 50.4 Å². The molecule has 0 spiro atoms. The summed E-state index contributed by atoms with van der Waals surface area (Å²) < 4.78 is 9.17. The van der Waals surface area contributed by atoms with Crippen LogP contribution >= 0.6 is 11.3 Å². The summed E-state index contributed by atoms with van der Waals surface area (Å²) in [6.45, 7) is 23.0. The minimum Gasteiger partial charge on any atom is -0.456 e. The first-order chi connectivity index (χ1) is 36.0. The SMILES string of the molecule is Cc1cc2c3c(c1)N(c1ccc(C(C)(C)C)cc1)c1c(sc4ccc(C(C)(C)C)cc14)B3c1ccc(N(c3ccc(C(C)(C)C)cc3)c3ccccc3-c3ccccc3)cc1N2c1ccc2oc3ccccc3c2c1. The van der Waals surface area contributed by atoms with Crippen molar-refractivity contribution in [2.45, 2.75) is 85.5 Å². The van der Waals surface area contributed by atoms with Crippen molar-refractivity contribution in [3.8, 4) is 11.1 Å². The highest BCUT2D eigenvalue weighted by atomic mass is 32.1. The molecule has 0 atom stereocenters. The van der Waals surface area contributed by atoms with Gasteiger partial charge in [0.2, 0.25) is 0 Å². The van der Waals surface area contributed by atoms with E-state index >= 15 is 0 Å². The molecule has 9 aromatic carbocycles. The smallest absolute Gasteiger partial charge is 0.264 e. The summed E-state index contributed by atoms with van der Waals surface area (Å²) in [6.07, 6.45) is 0. The van der Waals surface area contributed by atoms with Crippen LogP contribution in [-0.4, -0.2) is 6.71 Å². The molecule has 0 amide bonds. The van der Waals surface area contributed by atoms with Gasteiger partial charge in [-0.2, -0.15) is 0 Å². The highest BCUT2D eigenvalue weighted by Crippen LogP contribution is 2.51. The molecule has 2 aliphatic heterocycles. The Morgan fingerprint density at radius 2 is 1.07 bits per heavy atom. The molecule has 0 fully saturated rings. The van der Waals surface area contributed by atoms with E-state index in [4.69, 9.17) is 4.42 Å². The maximum absolute atomic E-state index is 6.50. The molecule has 4 nitrogen and oxygen atoms in total. The van der Waals surface area contributed by atoms with Crippen molar-refractivity contribution >= 4 is 117 Å². The van der Waals surface area contributed by atoms with Crippen molar-refractivity contribution in [3.63, 3.8) is 0 Å². The Balaban J connectivity index is 1.11. The fourth-order valence-electron chi connectivity index (χ4n) is 11.8. The molecule has 4 heterocycles. The Hall–Kier alpha value is -7.80. The van der Waals surface area contributed by atoms with E-state index in [2.05, 4.69) is 278 Å². The zero-order chi connectivity index (χ0) is 51.7. The summed E-state index contributed by atoms with van der Waals surface area (Å²) in [5, 5.41) is 3.52. The van der Waals surface area contributed by atoms with Crippen LogP contribution in [0.4, 0.5) is 51.2 Å². The van der Waals surface area contributed by atoms with E-state index in [1.54, 1.807) is 0 Å². The highest BCUT2D eigenvalue weighted by molar-refractivity contribution is 7.33. The van der Waals surface area contributed by atoms with Crippen molar-refractivity contribution in [2.24, 2.45) is 0 Å². The second kappa shape index (κ2) is 17.1. The first kappa shape index (κ1) is 47.0. The van der Waals surface area contributed by atoms with Crippen LogP contribution < -0.4 is 30.4 Å². The molecule has 368 valence electrons. The maximum Gasteiger partial charge on any atom is 0.264 e. The molecule has 2 aliphatic rings. The predicted molar refractivity (Wildman–Crippen MR) is 324 cm³/mol. The van der Waals surface area contributed by atoms with Crippen molar-refractivity contribution < 1.29 is 4.42 Å². The molecule has 2 aromatic heterocycles. The topological polar surface area (TPSA) is 22.9 Å². The summed E-state index contributed by atoms with van der Waals surface area (Å²) in [4.78, 5) is 7.63. The van der Waals surface area contributed by atoms with Crippen molar-refractivity contribution in [3.05, 3.63) is 216 Å². The van der Waals surface area contributed by atoms with Crippen molar-refractivity contribution in [1.29, 1.82) is 0 Å². The van der Waals surface area contributed by atoms with Gasteiger partial charge >= 0.3 is 0 Å². The van der Waals surface area contributed by atoms with Gasteiger partial charge in [-0.05, 0) is 153 Å². The Morgan fingerprint density at radius 3 is 1.79 bits per heavy atom. The lowest BCUT2D eigenvalue weighted by molar-refractivity contribution is 0.590. The minimum absolute atomic E-state index is 0.00856. The van der Waals surface area contributed by atoms with E-state index in [9.17, 15) is 0 Å². The molecular formula is C69H62BN3OS. The van der Waals surface area contributed by atoms with Crippen LogP contribution in [0.1, 0.15) is 84.6 Å². The van der Waals surface area contributed by atoms with Crippen LogP contribution in [0.5, 0.6) is 0 Å². The first-order valence-corrected chi connectivity index (χ1v) is 27.3. The average Bonchev–Trinajstić information content (AvgIpc) is 4.01. The summed E-state index contributed by atoms with van der Waals surface area (Å²) in [5.74, 6) is 0. The van der Waals surface area contributed by atoms with Crippen LogP contribution in [0.2, 0.25) is 0 Å². The largest absolute Gasteiger partial charge is 0.456 e. The molecule has 0 radical (unpaired) electrons. The normalized spacial score (nSPS) is 13.4. The molecule has 0 N–H and O–H groups in total. The second-order valence-electron chi connectivity index (χ2n) is 23.9. The fourth-order valence-corrected chi connectivity index (χ4v) is 13.1. The fraction of sp³-hybridized carbons (Fsp3) is 0.188. The quantitative estimate of drug-likeness (QED) is 0.155. The van der Waals surface area contributed by atoms with E-state index in [0.29, 0.717) is 0 Å². The van der Waals surface area contributed by atoms with Gasteiger partial charge in [-0.15, -0.1) is 11.3 Å². The lowest BCUT2D eigenvalue weighted by atomic mass is 9.36. The number of thiophene rings is 1. The van der Waals surface area contributed by atoms with Crippen LogP contribution in [-0.2, 0) is 16.2 Å². The molecule has 0 saturated carbocycles. The minimum atomic E-state index is -0.0407. The lowest BCUT2D eigenvalue weighted by Crippen LogP contribution is -2.60. The summed E-state index contributed by atoms with van der Waals surface area (Å²) >= 11 is 1.96. The van der Waals surface area contributed by atoms with Gasteiger partial charge < -0.3 is 19.1 Å². The number of fused-ring (bicyclic) bond motifs is 9. The predicted octanol–water partition coefficient (Wildman–Crippen LogP) is 18.2. The highest BCUT2D eigenvalue weighted by Gasteiger charge is 2.46. The second-order valence-corrected chi connectivity index (χ2v) is 25.0. The lowest BCUT2D eigenvalue weighted by Gasteiger charge is -2.44. The summed E-state index contributed by atoms with van der Waals surface area (Å²) in [6, 6.07) is 72.9. The molecular weight excluding hydrogens is 930 g/mol. The maximum atomic E-state index is 6.50. The Morgan fingerprint density at radius 1 is 0.467 bits per heavy atom. The third kappa shape index (κ3) is 7.79. The van der Waals surface area contributed by atoms with E-state index in [1.807, 2.05) is 11.3 Å². The summed E-state index contributed by atoms with van der Waals surface area (Å²) in [5.41, 5.74) is 22.3. The van der Waals surface area contributed by atoms with Gasteiger partial charge in [-0.3, -0.25) is 0 Å². The average molecular weight is 992 g/mol. The molecule has 75 heavy (non-hydrogen) atoms. The number of hydrogen-bond donors (Lipinski definition) is 0. The van der Waals surface area contributed by atoms with Gasteiger partial charge in [0.25, 0.3) is 6.71 Å². The van der Waals surface area contributed by atoms with Gasteiger partial charge in [-0.25, -0.2) is 0 Å². The summed E-state index contributed by atoms with van der Waals surface area (Å²) in [7, 11) is 0. The third-order valence-corrected chi connectivity index (χ3v) is 17.0. The Kier molecular flexibility index (Phi) is 10.7. The van der Waals surface area contributed by atoms with Gasteiger partial charge in [0.1, 0.15) is 11.2 Å². The molecule has 0 bridgehead atoms. The third-order valence-electron chi connectivity index (χ3n) is 15.7. The molecule has 0 unspecified atom stereocenters. The van der Waals surface area contributed by atoms with Crippen molar-refractivity contribution in [2.75, 3.05) is 14.7 Å². The zero-order valence-corrected chi connectivity index (χ0v) is 45.5. The number of rotatable bonds is 6. The standard InChI is InChI=1S/C69H62BN3OS/c1-43-38-59-64-60(39-43)73(49-31-26-46(27-32-49)68(5,6)7)65-55-40-47(69(8,9)10)28-37-63(55)75-66(65)70(64)56-35-33-51(42-58(56)72(59)50-34-36-62-54(41-50)53-21-15-17-23-61(53)74-62)71(48-29-24-45(25-30-48)67(2,3)4)57-22-16-14-20-52(57)44-18-12-11-13-19-44/h11-42H,1-10H3. The number of anilines is 9. The number of hydrogen-bond acceptors (Lipinski definition) is 5. The first-order valence-electron chi connectivity index (χ1n) is 26.5. The molecule has 13 rings (SSSR count). The van der Waals surface area contributed by atoms with Crippen LogP contribution in [0.25, 0.3) is 43.2 Å². The van der Waals surface area contributed by atoms with E-state index in [-0.39, 0.29) is 23.0 Å². The van der Waals surface area contributed by atoms with Gasteiger partial charge in [0.05, 0.1) is 11.4 Å². The van der Waals surface area contributed by atoms with Crippen LogP contribution in [0, 0.1) is 6.92 Å². The number of nitrogens with zero attached hydrogens (tertiary/aromatic N) is 3. The van der Waals surface area contributed by atoms with Crippen LogP contribution in [0.3, 0.4) is 0 Å². The van der Waals surface area contributed by atoms with Gasteiger partial charge in [0, 0.05) is 71.0 Å².